The molecule has 24 heavy (non-hydrogen) atoms. The van der Waals surface area contributed by atoms with Crippen molar-refractivity contribution in [2.24, 2.45) is 4.99 Å². The van der Waals surface area contributed by atoms with Crippen LogP contribution in [0.15, 0.2) is 53.5 Å². The number of carboxylic acids is 1. The van der Waals surface area contributed by atoms with Gasteiger partial charge in [0.25, 0.3) is 0 Å². The summed E-state index contributed by atoms with van der Waals surface area (Å²) in [6.07, 6.45) is 0. The molecule has 1 atom stereocenters. The Morgan fingerprint density at radius 2 is 1.62 bits per heavy atom. The molecule has 0 radical (unpaired) electrons. The van der Waals surface area contributed by atoms with Crippen molar-refractivity contribution in [3.05, 3.63) is 59.7 Å². The zero-order chi connectivity index (χ0) is 17.5. The summed E-state index contributed by atoms with van der Waals surface area (Å²) < 4.78 is 0. The highest BCUT2D eigenvalue weighted by Crippen LogP contribution is 2.24. The van der Waals surface area contributed by atoms with E-state index in [4.69, 9.17) is 20.6 Å². The molecule has 1 heterocycles. The summed E-state index contributed by atoms with van der Waals surface area (Å²) in [6, 6.07) is 14.0. The van der Waals surface area contributed by atoms with E-state index in [0.29, 0.717) is 11.3 Å². The molecule has 3 rings (SSSR count). The summed E-state index contributed by atoms with van der Waals surface area (Å²) >= 11 is 1.43. The zero-order valence-electron chi connectivity index (χ0n) is 12.5. The SMILES string of the molecule is N#Cc1ccc(O)cc1.O=C(O)[C@H]1CSC(c2ccc(O)cc2)=N1. The van der Waals surface area contributed by atoms with Crippen LogP contribution in [0.3, 0.4) is 0 Å². The van der Waals surface area contributed by atoms with Gasteiger partial charge >= 0.3 is 5.97 Å². The van der Waals surface area contributed by atoms with Crippen LogP contribution in [0.4, 0.5) is 0 Å². The van der Waals surface area contributed by atoms with Crippen molar-refractivity contribution in [1.82, 2.24) is 0 Å². The second-order valence-electron chi connectivity index (χ2n) is 4.80. The first kappa shape index (κ1) is 17.4. The standard InChI is InChI=1S/C10H9NO3S.C7H5NO/c12-7-3-1-6(2-4-7)9-11-8(5-15-9)10(13)14;8-5-6-1-3-7(9)4-2-6/h1-4,8,12H,5H2,(H,13,14);1-4,9H/t8-;/m1./s1. The van der Waals surface area contributed by atoms with E-state index in [1.54, 1.807) is 36.4 Å². The molecule has 1 aliphatic heterocycles. The number of nitriles is 1. The van der Waals surface area contributed by atoms with Gasteiger partial charge in [-0.1, -0.05) is 0 Å². The van der Waals surface area contributed by atoms with Crippen molar-refractivity contribution < 1.29 is 20.1 Å². The Bertz CT molecular complexity index is 780. The minimum atomic E-state index is -0.892. The number of phenols is 2. The van der Waals surface area contributed by atoms with Crippen molar-refractivity contribution >= 4 is 22.8 Å². The molecule has 0 saturated heterocycles. The summed E-state index contributed by atoms with van der Waals surface area (Å²) in [4.78, 5) is 14.8. The van der Waals surface area contributed by atoms with Crippen LogP contribution in [0.2, 0.25) is 0 Å². The van der Waals surface area contributed by atoms with Crippen LogP contribution >= 0.6 is 11.8 Å². The van der Waals surface area contributed by atoms with Gasteiger partial charge in [0.1, 0.15) is 11.5 Å². The Labute approximate surface area is 142 Å². The Kier molecular flexibility index (Phi) is 5.82. The van der Waals surface area contributed by atoms with Crippen molar-refractivity contribution in [3.8, 4) is 17.6 Å². The number of hydrogen-bond acceptors (Lipinski definition) is 6. The second kappa shape index (κ2) is 8.04. The lowest BCUT2D eigenvalue weighted by Crippen LogP contribution is -2.17. The number of benzene rings is 2. The summed E-state index contributed by atoms with van der Waals surface area (Å²) in [5.74, 6) is -0.0339. The smallest absolute Gasteiger partial charge is 0.329 e. The van der Waals surface area contributed by atoms with E-state index in [2.05, 4.69) is 4.99 Å². The van der Waals surface area contributed by atoms with Crippen LogP contribution in [0, 0.1) is 11.3 Å². The molecule has 0 spiro atoms. The van der Waals surface area contributed by atoms with Gasteiger partial charge < -0.3 is 15.3 Å². The number of rotatable bonds is 2. The lowest BCUT2D eigenvalue weighted by atomic mass is 10.2. The summed E-state index contributed by atoms with van der Waals surface area (Å²) in [5.41, 5.74) is 1.41. The monoisotopic (exact) mass is 342 g/mol. The zero-order valence-corrected chi connectivity index (χ0v) is 13.3. The molecule has 3 N–H and O–H groups in total. The van der Waals surface area contributed by atoms with Gasteiger partial charge in [-0.2, -0.15) is 5.26 Å². The molecule has 0 bridgehead atoms. The summed E-state index contributed by atoms with van der Waals surface area (Å²) in [5, 5.41) is 35.6. The first-order valence-electron chi connectivity index (χ1n) is 6.91. The van der Waals surface area contributed by atoms with E-state index in [9.17, 15) is 4.79 Å². The van der Waals surface area contributed by atoms with Gasteiger partial charge in [0.15, 0.2) is 6.04 Å². The van der Waals surface area contributed by atoms with Crippen LogP contribution in [0.1, 0.15) is 11.1 Å². The molecular weight excluding hydrogens is 328 g/mol. The van der Waals surface area contributed by atoms with Crippen LogP contribution in [-0.4, -0.2) is 38.1 Å². The average molecular weight is 342 g/mol. The molecule has 7 heteroatoms. The maximum Gasteiger partial charge on any atom is 0.329 e. The Hall–Kier alpha value is -2.98. The molecule has 0 fully saturated rings. The molecule has 2 aromatic carbocycles. The van der Waals surface area contributed by atoms with Gasteiger partial charge in [0, 0.05) is 11.3 Å². The fourth-order valence-corrected chi connectivity index (χ4v) is 2.84. The lowest BCUT2D eigenvalue weighted by molar-refractivity contribution is -0.137. The highest BCUT2D eigenvalue weighted by molar-refractivity contribution is 8.14. The third kappa shape index (κ3) is 4.76. The van der Waals surface area contributed by atoms with E-state index >= 15 is 0 Å². The van der Waals surface area contributed by atoms with Gasteiger partial charge in [-0.05, 0) is 48.5 Å². The number of carbonyl (C=O) groups is 1. The largest absolute Gasteiger partial charge is 0.508 e. The third-order valence-electron chi connectivity index (χ3n) is 3.05. The maximum atomic E-state index is 10.7. The highest BCUT2D eigenvalue weighted by atomic mass is 32.2. The van der Waals surface area contributed by atoms with Crippen LogP contribution in [0.25, 0.3) is 0 Å². The molecular formula is C17H14N2O4S. The summed E-state index contributed by atoms with van der Waals surface area (Å²) in [6.45, 7) is 0. The van der Waals surface area contributed by atoms with E-state index in [1.165, 1.54) is 23.9 Å². The van der Waals surface area contributed by atoms with E-state index in [1.807, 2.05) is 6.07 Å². The summed E-state index contributed by atoms with van der Waals surface area (Å²) in [7, 11) is 0. The number of carboxylic acid groups (broad SMARTS) is 1. The first-order chi connectivity index (χ1) is 11.5. The first-order valence-corrected chi connectivity index (χ1v) is 7.90. The van der Waals surface area contributed by atoms with E-state index in [0.717, 1.165) is 10.6 Å². The number of thioether (sulfide) groups is 1. The van der Waals surface area contributed by atoms with Gasteiger partial charge in [-0.25, -0.2) is 4.79 Å². The number of phenolic OH excluding ortho intramolecular Hbond substituents is 2. The third-order valence-corrected chi connectivity index (χ3v) is 4.14. The molecule has 0 aromatic heterocycles. The van der Waals surface area contributed by atoms with Crippen molar-refractivity contribution in [1.29, 1.82) is 5.26 Å². The molecule has 2 aromatic rings. The molecule has 6 nitrogen and oxygen atoms in total. The number of aromatic hydroxyl groups is 2. The van der Waals surface area contributed by atoms with Gasteiger partial charge in [0.2, 0.25) is 0 Å². The van der Waals surface area contributed by atoms with Gasteiger partial charge in [-0.3, -0.25) is 4.99 Å². The second-order valence-corrected chi connectivity index (χ2v) is 5.81. The highest BCUT2D eigenvalue weighted by Gasteiger charge is 2.24. The topological polar surface area (TPSA) is 114 Å². The molecule has 0 unspecified atom stereocenters. The Balaban J connectivity index is 0.000000198. The predicted octanol–water partition coefficient (Wildman–Crippen LogP) is 2.60. The lowest BCUT2D eigenvalue weighted by Gasteiger charge is -1.98. The van der Waals surface area contributed by atoms with Crippen molar-refractivity contribution in [2.75, 3.05) is 5.75 Å². The minimum absolute atomic E-state index is 0.189. The number of aliphatic carboxylic acids is 1. The Morgan fingerprint density at radius 3 is 2.08 bits per heavy atom. The van der Waals surface area contributed by atoms with Crippen LogP contribution in [-0.2, 0) is 4.79 Å². The Morgan fingerprint density at radius 1 is 1.08 bits per heavy atom. The number of nitrogens with zero attached hydrogens (tertiary/aromatic N) is 2. The average Bonchev–Trinajstić information content (AvgIpc) is 3.07. The van der Waals surface area contributed by atoms with Gasteiger partial charge in [-0.15, -0.1) is 11.8 Å². The fourth-order valence-electron chi connectivity index (χ4n) is 1.80. The van der Waals surface area contributed by atoms with E-state index < -0.39 is 12.0 Å². The number of hydrogen-bond donors (Lipinski definition) is 3. The van der Waals surface area contributed by atoms with E-state index in [-0.39, 0.29) is 11.5 Å². The number of aliphatic imine (C=N–C) groups is 1. The quantitative estimate of drug-likeness (QED) is 0.773. The maximum absolute atomic E-state index is 10.7. The van der Waals surface area contributed by atoms with Crippen molar-refractivity contribution in [3.63, 3.8) is 0 Å². The van der Waals surface area contributed by atoms with Crippen LogP contribution in [0.5, 0.6) is 11.5 Å². The minimum Gasteiger partial charge on any atom is -0.508 e. The molecule has 0 saturated carbocycles. The van der Waals surface area contributed by atoms with Gasteiger partial charge in [0.05, 0.1) is 16.7 Å². The molecule has 0 amide bonds. The normalized spacial score (nSPS) is 15.6. The van der Waals surface area contributed by atoms with Crippen molar-refractivity contribution in [2.45, 2.75) is 6.04 Å². The molecule has 0 aliphatic carbocycles. The molecule has 1 aliphatic rings. The predicted molar refractivity (Wildman–Crippen MR) is 91.3 cm³/mol. The molecule has 122 valence electrons. The van der Waals surface area contributed by atoms with Crippen LogP contribution < -0.4 is 0 Å². The fraction of sp³-hybridized carbons (Fsp3) is 0.118.